The molecule has 0 aliphatic rings. The third kappa shape index (κ3) is 2.31. The maximum Gasteiger partial charge on any atom is 0.327 e. The van der Waals surface area contributed by atoms with Gasteiger partial charge in [0.1, 0.15) is 6.04 Å². The topological polar surface area (TPSA) is 78.1 Å². The lowest BCUT2D eigenvalue weighted by Gasteiger charge is -2.09. The van der Waals surface area contributed by atoms with E-state index in [1.165, 1.54) is 13.2 Å². The van der Waals surface area contributed by atoms with Gasteiger partial charge in [0.15, 0.2) is 10.3 Å². The summed E-state index contributed by atoms with van der Waals surface area (Å²) >= 11 is 11.2. The molecule has 5 nitrogen and oxygen atoms in total. The molecule has 1 atom stereocenters. The number of hydrogen-bond donors (Lipinski definition) is 1. The first kappa shape index (κ1) is 11.2. The Kier molecular flexibility index (Phi) is 3.62. The van der Waals surface area contributed by atoms with Gasteiger partial charge in [-0.05, 0) is 6.07 Å². The summed E-state index contributed by atoms with van der Waals surface area (Å²) in [6.07, 6.45) is 0. The van der Waals surface area contributed by atoms with Crippen LogP contribution in [0.4, 0.5) is 0 Å². The number of halogens is 2. The van der Waals surface area contributed by atoms with Crippen LogP contribution in [-0.2, 0) is 9.53 Å². The highest BCUT2D eigenvalue weighted by molar-refractivity contribution is 6.32. The smallest absolute Gasteiger partial charge is 0.327 e. The summed E-state index contributed by atoms with van der Waals surface area (Å²) in [4.78, 5) is 11.1. The number of nitrogens with two attached hydrogens (primary N) is 1. The van der Waals surface area contributed by atoms with Gasteiger partial charge in [-0.3, -0.25) is 4.79 Å². The number of methoxy groups -OCH3 is 1. The Hall–Kier alpha value is -0.910. The Morgan fingerprint density at radius 3 is 2.79 bits per heavy atom. The van der Waals surface area contributed by atoms with Gasteiger partial charge in [-0.1, -0.05) is 23.2 Å². The van der Waals surface area contributed by atoms with Crippen molar-refractivity contribution in [3.63, 3.8) is 0 Å². The van der Waals surface area contributed by atoms with Crippen molar-refractivity contribution >= 4 is 29.2 Å². The summed E-state index contributed by atoms with van der Waals surface area (Å²) in [5.74, 6) is -0.615. The normalized spacial score (nSPS) is 12.3. The van der Waals surface area contributed by atoms with Crippen LogP contribution in [0.5, 0.6) is 0 Å². The molecule has 0 bridgehead atoms. The highest BCUT2D eigenvalue weighted by atomic mass is 35.5. The van der Waals surface area contributed by atoms with Gasteiger partial charge in [-0.25, -0.2) is 0 Å². The average molecular weight is 236 g/mol. The highest BCUT2D eigenvalue weighted by Gasteiger charge is 2.20. The number of hydrogen-bond acceptors (Lipinski definition) is 5. The van der Waals surface area contributed by atoms with Gasteiger partial charge in [-0.2, -0.15) is 0 Å². The molecule has 0 aliphatic heterocycles. The summed E-state index contributed by atoms with van der Waals surface area (Å²) < 4.78 is 4.45. The summed E-state index contributed by atoms with van der Waals surface area (Å²) in [6.45, 7) is 0. The molecule has 0 fully saturated rings. The molecular formula is C7H7Cl2N3O2. The van der Waals surface area contributed by atoms with Crippen LogP contribution in [0.1, 0.15) is 11.6 Å². The van der Waals surface area contributed by atoms with E-state index in [0.717, 1.165) is 0 Å². The molecule has 0 aliphatic carbocycles. The Balaban J connectivity index is 3.05. The lowest BCUT2D eigenvalue weighted by atomic mass is 10.1. The Bertz CT molecular complexity index is 359. The molecule has 2 N–H and O–H groups in total. The van der Waals surface area contributed by atoms with E-state index in [1.54, 1.807) is 0 Å². The van der Waals surface area contributed by atoms with Crippen LogP contribution in [0.25, 0.3) is 0 Å². The number of rotatable bonds is 2. The van der Waals surface area contributed by atoms with E-state index in [0.29, 0.717) is 5.56 Å². The van der Waals surface area contributed by atoms with E-state index >= 15 is 0 Å². The fourth-order valence-electron chi connectivity index (χ4n) is 0.838. The Labute approximate surface area is 90.2 Å². The Morgan fingerprint density at radius 1 is 1.57 bits per heavy atom. The van der Waals surface area contributed by atoms with Crippen molar-refractivity contribution in [2.45, 2.75) is 6.04 Å². The predicted octanol–water partition coefficient (Wildman–Crippen LogP) is 0.956. The number of nitrogens with zero attached hydrogens (tertiary/aromatic N) is 2. The van der Waals surface area contributed by atoms with Crippen molar-refractivity contribution in [3.05, 3.63) is 21.9 Å². The molecule has 0 saturated heterocycles. The van der Waals surface area contributed by atoms with Gasteiger partial charge >= 0.3 is 5.97 Å². The van der Waals surface area contributed by atoms with Crippen LogP contribution in [0.15, 0.2) is 6.07 Å². The minimum atomic E-state index is -1.000. The summed E-state index contributed by atoms with van der Waals surface area (Å²) in [5.41, 5.74) is 5.82. The molecule has 0 spiro atoms. The van der Waals surface area contributed by atoms with E-state index < -0.39 is 12.0 Å². The first-order chi connectivity index (χ1) is 6.56. The van der Waals surface area contributed by atoms with Crippen LogP contribution in [-0.4, -0.2) is 23.3 Å². The molecular weight excluding hydrogens is 229 g/mol. The minimum Gasteiger partial charge on any atom is -0.468 e. The fraction of sp³-hybridized carbons (Fsp3) is 0.286. The molecule has 14 heavy (non-hydrogen) atoms. The highest BCUT2D eigenvalue weighted by Crippen LogP contribution is 2.21. The largest absolute Gasteiger partial charge is 0.468 e. The maximum atomic E-state index is 11.1. The third-order valence-corrected chi connectivity index (χ3v) is 2.01. The second-order valence-electron chi connectivity index (χ2n) is 2.41. The lowest BCUT2D eigenvalue weighted by Crippen LogP contribution is -2.23. The minimum absolute atomic E-state index is 0.0345. The van der Waals surface area contributed by atoms with Crippen LogP contribution in [0.3, 0.4) is 0 Å². The molecule has 0 radical (unpaired) electrons. The second-order valence-corrected chi connectivity index (χ2v) is 3.16. The average Bonchev–Trinajstić information content (AvgIpc) is 2.19. The first-order valence-electron chi connectivity index (χ1n) is 3.58. The second kappa shape index (κ2) is 4.54. The monoisotopic (exact) mass is 235 g/mol. The molecule has 1 aromatic rings. The lowest BCUT2D eigenvalue weighted by molar-refractivity contribution is -0.142. The van der Waals surface area contributed by atoms with Crippen molar-refractivity contribution in [3.8, 4) is 0 Å². The quantitative estimate of drug-likeness (QED) is 0.773. The van der Waals surface area contributed by atoms with Gasteiger partial charge in [0, 0.05) is 5.56 Å². The number of esters is 1. The molecule has 1 unspecified atom stereocenters. The van der Waals surface area contributed by atoms with Crippen molar-refractivity contribution in [2.75, 3.05) is 7.11 Å². The summed E-state index contributed by atoms with van der Waals surface area (Å²) in [5, 5.41) is 7.14. The molecule has 0 aromatic carbocycles. The number of carbonyl (C=O) groups excluding carboxylic acids is 1. The van der Waals surface area contributed by atoms with Crippen molar-refractivity contribution in [2.24, 2.45) is 5.73 Å². The number of carbonyl (C=O) groups is 1. The van der Waals surface area contributed by atoms with Crippen LogP contribution < -0.4 is 5.73 Å². The SMILES string of the molecule is COC(=O)C(N)c1cc(Cl)nnc1Cl. The number of ether oxygens (including phenoxy) is 1. The van der Waals surface area contributed by atoms with E-state index in [2.05, 4.69) is 14.9 Å². The summed E-state index contributed by atoms with van der Waals surface area (Å²) in [6, 6.07) is 0.374. The standard InChI is InChI=1S/C7H7Cl2N3O2/c1-14-7(13)5(10)3-2-4(8)11-12-6(3)9/h2,5H,10H2,1H3. The van der Waals surface area contributed by atoms with Gasteiger partial charge in [0.25, 0.3) is 0 Å². The van der Waals surface area contributed by atoms with E-state index in [1.807, 2.05) is 0 Å². The van der Waals surface area contributed by atoms with Gasteiger partial charge in [-0.15, -0.1) is 10.2 Å². The zero-order chi connectivity index (χ0) is 10.7. The molecule has 0 saturated carbocycles. The van der Waals surface area contributed by atoms with Crippen LogP contribution in [0.2, 0.25) is 10.3 Å². The zero-order valence-electron chi connectivity index (χ0n) is 7.20. The van der Waals surface area contributed by atoms with Gasteiger partial charge in [0.05, 0.1) is 7.11 Å². The van der Waals surface area contributed by atoms with Crippen molar-refractivity contribution < 1.29 is 9.53 Å². The van der Waals surface area contributed by atoms with Gasteiger partial charge in [0.2, 0.25) is 0 Å². The first-order valence-corrected chi connectivity index (χ1v) is 4.34. The van der Waals surface area contributed by atoms with Crippen molar-refractivity contribution in [1.29, 1.82) is 0 Å². The van der Waals surface area contributed by atoms with Crippen molar-refractivity contribution in [1.82, 2.24) is 10.2 Å². The zero-order valence-corrected chi connectivity index (χ0v) is 8.71. The van der Waals surface area contributed by atoms with E-state index in [9.17, 15) is 4.79 Å². The molecule has 1 heterocycles. The molecule has 0 amide bonds. The maximum absolute atomic E-state index is 11.1. The predicted molar refractivity (Wildman–Crippen MR) is 51.0 cm³/mol. The third-order valence-electron chi connectivity index (χ3n) is 1.54. The number of aromatic nitrogens is 2. The molecule has 76 valence electrons. The molecule has 7 heteroatoms. The van der Waals surface area contributed by atoms with Crippen LogP contribution in [0, 0.1) is 0 Å². The fourth-order valence-corrected chi connectivity index (χ4v) is 1.20. The van der Waals surface area contributed by atoms with Gasteiger partial charge < -0.3 is 10.5 Å². The van der Waals surface area contributed by atoms with E-state index in [4.69, 9.17) is 28.9 Å². The summed E-state index contributed by atoms with van der Waals surface area (Å²) in [7, 11) is 1.23. The van der Waals surface area contributed by atoms with Crippen LogP contribution >= 0.6 is 23.2 Å². The van der Waals surface area contributed by atoms with E-state index in [-0.39, 0.29) is 10.3 Å². The molecule has 1 aromatic heterocycles. The Morgan fingerprint density at radius 2 is 2.21 bits per heavy atom. The molecule has 1 rings (SSSR count).